The van der Waals surface area contributed by atoms with Crippen LogP contribution in [-0.4, -0.2) is 29.4 Å². The molecule has 0 radical (unpaired) electrons. The minimum Gasteiger partial charge on any atom is -0.483 e. The molecule has 1 fully saturated rings. The van der Waals surface area contributed by atoms with Crippen LogP contribution in [0.1, 0.15) is 35.9 Å². The zero-order valence-corrected chi connectivity index (χ0v) is 17.0. The molecular weight excluding hydrogens is 390 g/mol. The van der Waals surface area contributed by atoms with Crippen LogP contribution in [0.2, 0.25) is 0 Å². The maximum absolute atomic E-state index is 15.0. The van der Waals surface area contributed by atoms with Crippen LogP contribution < -0.4 is 4.74 Å². The van der Waals surface area contributed by atoms with Gasteiger partial charge in [-0.2, -0.15) is 0 Å². The monoisotopic (exact) mass is 414 g/mol. The molecule has 2 heterocycles. The zero-order chi connectivity index (χ0) is 21.1. The first-order chi connectivity index (χ1) is 14.6. The number of ether oxygens (including phenoxy) is 3. The second-order valence-corrected chi connectivity index (χ2v) is 7.32. The Morgan fingerprint density at radius 2 is 1.97 bits per heavy atom. The molecule has 0 bridgehead atoms. The Labute approximate surface area is 174 Å². The van der Waals surface area contributed by atoms with E-state index >= 15 is 4.39 Å². The van der Waals surface area contributed by atoms with E-state index < -0.39 is 17.7 Å². The van der Waals surface area contributed by atoms with Gasteiger partial charge >= 0.3 is 0 Å². The lowest BCUT2D eigenvalue weighted by Gasteiger charge is -2.29. The van der Waals surface area contributed by atoms with Gasteiger partial charge in [-0.05, 0) is 37.1 Å². The third-order valence-electron chi connectivity index (χ3n) is 5.42. The first kappa shape index (κ1) is 20.5. The lowest BCUT2D eigenvalue weighted by Crippen LogP contribution is -2.26. The molecule has 4 rings (SSSR count). The molecule has 158 valence electrons. The molecule has 0 spiro atoms. The predicted molar refractivity (Wildman–Crippen MR) is 108 cm³/mol. The fraction of sp³-hybridized carbons (Fsp3) is 0.348. The number of aromatic nitrogens is 2. The number of rotatable bonds is 6. The molecule has 1 aliphatic rings. The van der Waals surface area contributed by atoms with E-state index in [4.69, 9.17) is 14.2 Å². The van der Waals surface area contributed by atoms with Crippen LogP contribution in [0.4, 0.5) is 8.78 Å². The van der Waals surface area contributed by atoms with Gasteiger partial charge in [-0.3, -0.25) is 0 Å². The van der Waals surface area contributed by atoms with Crippen LogP contribution in [0.15, 0.2) is 48.8 Å². The average Bonchev–Trinajstić information content (AvgIpc) is 3.20. The van der Waals surface area contributed by atoms with Gasteiger partial charge in [0, 0.05) is 43.8 Å². The molecule has 7 heteroatoms. The van der Waals surface area contributed by atoms with E-state index in [1.165, 1.54) is 12.1 Å². The Hall–Kier alpha value is -2.77. The van der Waals surface area contributed by atoms with Crippen molar-refractivity contribution in [3.63, 3.8) is 0 Å². The number of imidazole rings is 1. The second-order valence-electron chi connectivity index (χ2n) is 7.32. The molecule has 1 aromatic heterocycles. The first-order valence-electron chi connectivity index (χ1n) is 9.91. The summed E-state index contributed by atoms with van der Waals surface area (Å²) in [4.78, 5) is 4.20. The molecule has 2 unspecified atom stereocenters. The van der Waals surface area contributed by atoms with Gasteiger partial charge in [0.2, 0.25) is 0 Å². The number of halogens is 2. The van der Waals surface area contributed by atoms with Gasteiger partial charge in [0.1, 0.15) is 12.4 Å². The van der Waals surface area contributed by atoms with E-state index in [1.807, 2.05) is 42.0 Å². The zero-order valence-electron chi connectivity index (χ0n) is 17.0. The smallest absolute Gasteiger partial charge is 0.191 e. The van der Waals surface area contributed by atoms with Gasteiger partial charge in [-0.1, -0.05) is 18.2 Å². The number of aryl methyl sites for hydroxylation is 1. The molecule has 2 aromatic carbocycles. The van der Waals surface area contributed by atoms with Crippen LogP contribution in [0, 0.1) is 18.6 Å². The molecule has 3 aromatic rings. The van der Waals surface area contributed by atoms with Crippen LogP contribution >= 0.6 is 0 Å². The van der Waals surface area contributed by atoms with Gasteiger partial charge < -0.3 is 18.8 Å². The molecule has 2 atom stereocenters. The Morgan fingerprint density at radius 3 is 2.67 bits per heavy atom. The summed E-state index contributed by atoms with van der Waals surface area (Å²) in [5.74, 6) is -0.964. The van der Waals surface area contributed by atoms with Crippen molar-refractivity contribution in [3.8, 4) is 11.4 Å². The summed E-state index contributed by atoms with van der Waals surface area (Å²) >= 11 is 0. The third-order valence-corrected chi connectivity index (χ3v) is 5.42. The lowest BCUT2D eigenvalue weighted by molar-refractivity contribution is -0.0612. The van der Waals surface area contributed by atoms with Crippen LogP contribution in [0.25, 0.3) is 5.69 Å². The van der Waals surface area contributed by atoms with Gasteiger partial charge in [-0.25, -0.2) is 13.8 Å². The van der Waals surface area contributed by atoms with Crippen molar-refractivity contribution in [1.29, 1.82) is 0 Å². The fourth-order valence-corrected chi connectivity index (χ4v) is 3.69. The summed E-state index contributed by atoms with van der Waals surface area (Å²) < 4.78 is 47.9. The maximum atomic E-state index is 15.0. The molecule has 1 saturated heterocycles. The quantitative estimate of drug-likeness (QED) is 0.575. The van der Waals surface area contributed by atoms with Gasteiger partial charge in [0.15, 0.2) is 17.4 Å². The average molecular weight is 414 g/mol. The number of methoxy groups -OCH3 is 1. The summed E-state index contributed by atoms with van der Waals surface area (Å²) in [6.07, 6.45) is 4.40. The number of hydrogen-bond acceptors (Lipinski definition) is 4. The van der Waals surface area contributed by atoms with Crippen molar-refractivity contribution in [2.24, 2.45) is 0 Å². The fourth-order valence-electron chi connectivity index (χ4n) is 3.69. The van der Waals surface area contributed by atoms with Crippen LogP contribution in [0.5, 0.6) is 5.75 Å². The van der Waals surface area contributed by atoms with E-state index in [0.717, 1.165) is 23.5 Å². The van der Waals surface area contributed by atoms with Crippen LogP contribution in [-0.2, 0) is 16.1 Å². The molecule has 0 N–H and O–H groups in total. The molecule has 0 amide bonds. The van der Waals surface area contributed by atoms with Crippen molar-refractivity contribution in [1.82, 2.24) is 9.55 Å². The van der Waals surface area contributed by atoms with Gasteiger partial charge in [0.25, 0.3) is 0 Å². The summed E-state index contributed by atoms with van der Waals surface area (Å²) in [6, 6.07) is 10.2. The summed E-state index contributed by atoms with van der Waals surface area (Å²) in [6.45, 7) is 2.44. The largest absolute Gasteiger partial charge is 0.483 e. The highest BCUT2D eigenvalue weighted by atomic mass is 19.1. The molecule has 0 saturated carbocycles. The highest BCUT2D eigenvalue weighted by Crippen LogP contribution is 2.35. The SMILES string of the molecule is COC1CCOC(c2ccc(F)c(OCc3ccc(-n4ccnc4C)cc3)c2F)C1. The van der Waals surface area contributed by atoms with E-state index in [1.54, 1.807) is 13.3 Å². The lowest BCUT2D eigenvalue weighted by atomic mass is 9.98. The summed E-state index contributed by atoms with van der Waals surface area (Å²) in [5, 5.41) is 0. The topological polar surface area (TPSA) is 45.5 Å². The minimum absolute atomic E-state index is 0.00443. The molecule has 0 aliphatic carbocycles. The van der Waals surface area contributed by atoms with E-state index in [2.05, 4.69) is 4.98 Å². The number of benzene rings is 2. The van der Waals surface area contributed by atoms with E-state index in [-0.39, 0.29) is 18.5 Å². The van der Waals surface area contributed by atoms with Crippen molar-refractivity contribution >= 4 is 0 Å². The highest BCUT2D eigenvalue weighted by molar-refractivity contribution is 5.37. The van der Waals surface area contributed by atoms with Crippen molar-refractivity contribution < 1.29 is 23.0 Å². The van der Waals surface area contributed by atoms with Crippen molar-refractivity contribution in [2.45, 2.75) is 38.6 Å². The van der Waals surface area contributed by atoms with Gasteiger partial charge in [-0.15, -0.1) is 0 Å². The normalized spacial score (nSPS) is 19.1. The molecule has 5 nitrogen and oxygen atoms in total. The Bertz CT molecular complexity index is 1000. The second kappa shape index (κ2) is 8.93. The van der Waals surface area contributed by atoms with E-state index in [9.17, 15) is 4.39 Å². The standard InChI is InChI=1S/C23H24F2N2O3/c1-15-26-10-11-27(15)17-5-3-16(4-6-17)14-30-23-20(24)8-7-19(22(23)25)21-13-18(28-2)9-12-29-21/h3-8,10-11,18,21H,9,12-14H2,1-2H3. The minimum atomic E-state index is -0.735. The Balaban J connectivity index is 1.49. The molecular formula is C23H24F2N2O3. The van der Waals surface area contributed by atoms with Crippen molar-refractivity contribution in [3.05, 3.63) is 77.4 Å². The molecule has 1 aliphatic heterocycles. The predicted octanol–water partition coefficient (Wildman–Crippen LogP) is 4.90. The summed E-state index contributed by atoms with van der Waals surface area (Å²) in [5.41, 5.74) is 2.04. The maximum Gasteiger partial charge on any atom is 0.191 e. The van der Waals surface area contributed by atoms with E-state index in [0.29, 0.717) is 18.6 Å². The Morgan fingerprint density at radius 1 is 1.17 bits per heavy atom. The number of nitrogens with zero attached hydrogens (tertiary/aromatic N) is 2. The van der Waals surface area contributed by atoms with Gasteiger partial charge in [0.05, 0.1) is 12.2 Å². The Kier molecular flexibility index (Phi) is 6.11. The third kappa shape index (κ3) is 4.22. The highest BCUT2D eigenvalue weighted by Gasteiger charge is 2.28. The summed E-state index contributed by atoms with van der Waals surface area (Å²) in [7, 11) is 1.63. The van der Waals surface area contributed by atoms with Crippen molar-refractivity contribution in [2.75, 3.05) is 13.7 Å². The molecule has 30 heavy (non-hydrogen) atoms. The van der Waals surface area contributed by atoms with Crippen LogP contribution in [0.3, 0.4) is 0 Å². The number of hydrogen-bond donors (Lipinski definition) is 0. The first-order valence-corrected chi connectivity index (χ1v) is 9.91.